The van der Waals surface area contributed by atoms with E-state index in [9.17, 15) is 4.79 Å². The van der Waals surface area contributed by atoms with Crippen molar-refractivity contribution in [1.82, 2.24) is 0 Å². The molecule has 0 atom stereocenters. The zero-order valence-corrected chi connectivity index (χ0v) is 12.3. The highest BCUT2D eigenvalue weighted by Gasteiger charge is 2.16. The number of benzene rings is 1. The van der Waals surface area contributed by atoms with Gasteiger partial charge in [-0.25, -0.2) is 4.79 Å². The Bertz CT molecular complexity index is 495. The van der Waals surface area contributed by atoms with Gasteiger partial charge in [-0.1, -0.05) is 12.2 Å². The van der Waals surface area contributed by atoms with Crippen molar-refractivity contribution in [3.05, 3.63) is 23.8 Å². The average molecular weight is 282 g/mol. The number of nitrogens with one attached hydrogen (secondary N) is 1. The Morgan fingerprint density at radius 1 is 1.37 bits per heavy atom. The minimum Gasteiger partial charge on any atom is -0.496 e. The quantitative estimate of drug-likeness (QED) is 0.834. The van der Waals surface area contributed by atoms with Crippen LogP contribution in [0.5, 0.6) is 5.75 Å². The van der Waals surface area contributed by atoms with E-state index >= 15 is 0 Å². The summed E-state index contributed by atoms with van der Waals surface area (Å²) in [5.74, 6) is 0.501. The topological polar surface area (TPSA) is 73.6 Å². The SMILES string of the molecule is COc1cc(NC(=O)OC(C)(C)C)ccc1C(N)=S. The van der Waals surface area contributed by atoms with Crippen LogP contribution in [0.15, 0.2) is 18.2 Å². The molecule has 0 saturated carbocycles. The second-order valence-electron chi connectivity index (χ2n) is 4.91. The molecule has 0 aromatic heterocycles. The molecule has 0 radical (unpaired) electrons. The number of thiocarbonyl (C=S) groups is 1. The highest BCUT2D eigenvalue weighted by molar-refractivity contribution is 7.80. The lowest BCUT2D eigenvalue weighted by atomic mass is 10.2. The number of hydrogen-bond donors (Lipinski definition) is 2. The number of carbonyl (C=O) groups is 1. The minimum atomic E-state index is -0.549. The van der Waals surface area contributed by atoms with Crippen molar-refractivity contribution in [2.45, 2.75) is 26.4 Å². The number of ether oxygens (including phenoxy) is 2. The Labute approximate surface area is 118 Å². The van der Waals surface area contributed by atoms with Crippen molar-refractivity contribution in [3.8, 4) is 5.75 Å². The molecule has 5 nitrogen and oxygen atoms in total. The smallest absolute Gasteiger partial charge is 0.412 e. The zero-order chi connectivity index (χ0) is 14.6. The standard InChI is InChI=1S/C13H18N2O3S/c1-13(2,3)18-12(16)15-8-5-6-9(11(14)19)10(7-8)17-4/h5-7H,1-4H3,(H2,14,19)(H,15,16). The molecule has 0 saturated heterocycles. The van der Waals surface area contributed by atoms with Crippen molar-refractivity contribution < 1.29 is 14.3 Å². The second kappa shape index (κ2) is 5.88. The fraction of sp³-hybridized carbons (Fsp3) is 0.385. The summed E-state index contributed by atoms with van der Waals surface area (Å²) >= 11 is 4.90. The molecule has 1 rings (SSSR count). The van der Waals surface area contributed by atoms with Crippen LogP contribution in [-0.4, -0.2) is 23.8 Å². The average Bonchev–Trinajstić information content (AvgIpc) is 2.25. The van der Waals surface area contributed by atoms with Gasteiger partial charge in [0.1, 0.15) is 16.3 Å². The maximum atomic E-state index is 11.6. The Kier molecular flexibility index (Phi) is 4.72. The van der Waals surface area contributed by atoms with Gasteiger partial charge in [0.25, 0.3) is 0 Å². The lowest BCUT2D eigenvalue weighted by molar-refractivity contribution is 0.0636. The van der Waals surface area contributed by atoms with Gasteiger partial charge < -0.3 is 15.2 Å². The second-order valence-corrected chi connectivity index (χ2v) is 5.35. The van der Waals surface area contributed by atoms with E-state index in [1.165, 1.54) is 7.11 Å². The molecule has 1 aromatic carbocycles. The van der Waals surface area contributed by atoms with E-state index in [2.05, 4.69) is 5.32 Å². The zero-order valence-electron chi connectivity index (χ0n) is 11.4. The Hall–Kier alpha value is -1.82. The molecule has 3 N–H and O–H groups in total. The van der Waals surface area contributed by atoms with Crippen LogP contribution in [-0.2, 0) is 4.74 Å². The van der Waals surface area contributed by atoms with Crippen molar-refractivity contribution in [1.29, 1.82) is 0 Å². The number of nitrogens with two attached hydrogens (primary N) is 1. The third-order valence-corrected chi connectivity index (χ3v) is 2.33. The number of hydrogen-bond acceptors (Lipinski definition) is 4. The van der Waals surface area contributed by atoms with Crippen LogP contribution in [0.3, 0.4) is 0 Å². The van der Waals surface area contributed by atoms with Crippen LogP contribution < -0.4 is 15.8 Å². The number of anilines is 1. The molecular weight excluding hydrogens is 264 g/mol. The third-order valence-electron chi connectivity index (χ3n) is 2.11. The lowest BCUT2D eigenvalue weighted by Crippen LogP contribution is -2.27. The molecule has 0 heterocycles. The van der Waals surface area contributed by atoms with Gasteiger partial charge in [-0.2, -0.15) is 0 Å². The van der Waals surface area contributed by atoms with Gasteiger partial charge in [-0.15, -0.1) is 0 Å². The number of amides is 1. The monoisotopic (exact) mass is 282 g/mol. The Morgan fingerprint density at radius 3 is 2.47 bits per heavy atom. The number of methoxy groups -OCH3 is 1. The van der Waals surface area contributed by atoms with Crippen molar-refractivity contribution in [3.63, 3.8) is 0 Å². The summed E-state index contributed by atoms with van der Waals surface area (Å²) in [5, 5.41) is 2.61. The molecule has 19 heavy (non-hydrogen) atoms. The fourth-order valence-corrected chi connectivity index (χ4v) is 1.56. The van der Waals surface area contributed by atoms with Crippen molar-refractivity contribution in [2.24, 2.45) is 5.73 Å². The van der Waals surface area contributed by atoms with Crippen LogP contribution in [0.2, 0.25) is 0 Å². The maximum Gasteiger partial charge on any atom is 0.412 e. The summed E-state index contributed by atoms with van der Waals surface area (Å²) in [6.45, 7) is 5.38. The lowest BCUT2D eigenvalue weighted by Gasteiger charge is -2.20. The first kappa shape index (κ1) is 15.2. The molecule has 0 bridgehead atoms. The van der Waals surface area contributed by atoms with Gasteiger partial charge in [0, 0.05) is 11.8 Å². The first-order chi connectivity index (χ1) is 8.73. The van der Waals surface area contributed by atoms with Gasteiger partial charge >= 0.3 is 6.09 Å². The highest BCUT2D eigenvalue weighted by atomic mass is 32.1. The van der Waals surface area contributed by atoms with Crippen LogP contribution in [0.25, 0.3) is 0 Å². The fourth-order valence-electron chi connectivity index (χ4n) is 1.39. The molecule has 1 aromatic rings. The van der Waals surface area contributed by atoms with Gasteiger partial charge in [-0.3, -0.25) is 5.32 Å². The van der Waals surface area contributed by atoms with E-state index < -0.39 is 11.7 Å². The van der Waals surface area contributed by atoms with Gasteiger partial charge in [-0.05, 0) is 32.9 Å². The summed E-state index contributed by atoms with van der Waals surface area (Å²) < 4.78 is 10.3. The number of rotatable bonds is 3. The summed E-state index contributed by atoms with van der Waals surface area (Å²) in [7, 11) is 1.51. The van der Waals surface area contributed by atoms with Gasteiger partial charge in [0.2, 0.25) is 0 Å². The van der Waals surface area contributed by atoms with Crippen LogP contribution in [0.1, 0.15) is 26.3 Å². The molecule has 1 amide bonds. The van der Waals surface area contributed by atoms with Crippen LogP contribution in [0.4, 0.5) is 10.5 Å². The molecule has 0 unspecified atom stereocenters. The molecule has 104 valence electrons. The Morgan fingerprint density at radius 2 is 2.00 bits per heavy atom. The number of carbonyl (C=O) groups excluding carboxylic acids is 1. The maximum absolute atomic E-state index is 11.6. The highest BCUT2D eigenvalue weighted by Crippen LogP contribution is 2.23. The Balaban J connectivity index is 2.86. The van der Waals surface area contributed by atoms with Crippen molar-refractivity contribution in [2.75, 3.05) is 12.4 Å². The van der Waals surface area contributed by atoms with Crippen LogP contribution in [0, 0.1) is 0 Å². The largest absolute Gasteiger partial charge is 0.496 e. The molecule has 0 aliphatic carbocycles. The molecule has 0 aliphatic heterocycles. The van der Waals surface area contributed by atoms with Gasteiger partial charge in [0.05, 0.1) is 12.7 Å². The van der Waals surface area contributed by atoms with E-state index in [1.54, 1.807) is 39.0 Å². The molecule has 6 heteroatoms. The summed E-state index contributed by atoms with van der Waals surface area (Å²) in [6.07, 6.45) is -0.530. The summed E-state index contributed by atoms with van der Waals surface area (Å²) in [4.78, 5) is 11.9. The molecule has 0 fully saturated rings. The molecular formula is C13H18N2O3S. The van der Waals surface area contributed by atoms with Crippen LogP contribution >= 0.6 is 12.2 Å². The summed E-state index contributed by atoms with van der Waals surface area (Å²) in [6, 6.07) is 5.01. The normalized spacial score (nSPS) is 10.7. The van der Waals surface area contributed by atoms with E-state index in [-0.39, 0.29) is 4.99 Å². The summed E-state index contributed by atoms with van der Waals surface area (Å²) in [5.41, 5.74) is 6.18. The minimum absolute atomic E-state index is 0.237. The predicted octanol–water partition coefficient (Wildman–Crippen LogP) is 2.68. The third kappa shape index (κ3) is 4.75. The van der Waals surface area contributed by atoms with E-state index in [4.69, 9.17) is 27.4 Å². The molecule has 0 spiro atoms. The predicted molar refractivity (Wildman–Crippen MR) is 78.7 cm³/mol. The van der Waals surface area contributed by atoms with E-state index in [0.29, 0.717) is 17.0 Å². The first-order valence-electron chi connectivity index (χ1n) is 5.71. The van der Waals surface area contributed by atoms with E-state index in [0.717, 1.165) is 0 Å². The van der Waals surface area contributed by atoms with Gasteiger partial charge in [0.15, 0.2) is 0 Å². The molecule has 0 aliphatic rings. The van der Waals surface area contributed by atoms with E-state index in [1.807, 2.05) is 0 Å². The first-order valence-corrected chi connectivity index (χ1v) is 6.11. The van der Waals surface area contributed by atoms with Crippen molar-refractivity contribution >= 4 is 29.0 Å².